The number of hydrogen-bond acceptors (Lipinski definition) is 7. The third kappa shape index (κ3) is 4.90. The van der Waals surface area contributed by atoms with Crippen molar-refractivity contribution in [2.24, 2.45) is 5.92 Å². The van der Waals surface area contributed by atoms with Gasteiger partial charge < -0.3 is 20.3 Å². The Hall–Kier alpha value is -3.99. The van der Waals surface area contributed by atoms with Crippen molar-refractivity contribution in [2.45, 2.75) is 57.2 Å². The molecule has 0 saturated carbocycles. The van der Waals surface area contributed by atoms with Gasteiger partial charge in [0.15, 0.2) is 0 Å². The Labute approximate surface area is 232 Å². The van der Waals surface area contributed by atoms with Crippen LogP contribution in [0.3, 0.4) is 0 Å². The van der Waals surface area contributed by atoms with Gasteiger partial charge in [0.05, 0.1) is 23.4 Å². The van der Waals surface area contributed by atoms with Gasteiger partial charge in [0, 0.05) is 61.9 Å². The number of aromatic nitrogens is 2. The summed E-state index contributed by atoms with van der Waals surface area (Å²) in [7, 11) is 0. The van der Waals surface area contributed by atoms with Crippen molar-refractivity contribution >= 4 is 29.3 Å². The van der Waals surface area contributed by atoms with Crippen LogP contribution in [-0.4, -0.2) is 75.6 Å². The highest BCUT2D eigenvalue weighted by atomic mass is 16.5. The normalized spacial score (nSPS) is 22.4. The average Bonchev–Trinajstić information content (AvgIpc) is 3.55. The number of anilines is 1. The number of nitrogens with zero attached hydrogens (tertiary/aromatic N) is 4. The fraction of sp³-hybridized carbons (Fsp3) is 0.483. The van der Waals surface area contributed by atoms with Crippen molar-refractivity contribution in [3.63, 3.8) is 0 Å². The van der Waals surface area contributed by atoms with Crippen LogP contribution >= 0.6 is 0 Å². The molecule has 5 heterocycles. The second-order valence-electron chi connectivity index (χ2n) is 11.0. The number of rotatable bonds is 6. The van der Waals surface area contributed by atoms with Gasteiger partial charge in [0.2, 0.25) is 11.8 Å². The minimum absolute atomic E-state index is 0.0844. The second kappa shape index (κ2) is 10.9. The van der Waals surface area contributed by atoms with Crippen LogP contribution in [0.25, 0.3) is 0 Å². The van der Waals surface area contributed by atoms with E-state index in [0.29, 0.717) is 55.1 Å². The first-order valence-corrected chi connectivity index (χ1v) is 14.0. The molecule has 3 fully saturated rings. The largest absolute Gasteiger partial charge is 0.381 e. The molecule has 1 aromatic carbocycles. The number of fused-ring (bicyclic) bond motifs is 1. The Kier molecular flexibility index (Phi) is 7.14. The van der Waals surface area contributed by atoms with Gasteiger partial charge in [-0.3, -0.25) is 28.8 Å². The van der Waals surface area contributed by atoms with E-state index >= 15 is 0 Å². The minimum atomic E-state index is -0.845. The molecule has 3 saturated heterocycles. The van der Waals surface area contributed by atoms with Crippen molar-refractivity contribution in [1.82, 2.24) is 24.9 Å². The van der Waals surface area contributed by atoms with Crippen LogP contribution in [0.1, 0.15) is 70.8 Å². The summed E-state index contributed by atoms with van der Waals surface area (Å²) in [5.41, 5.74) is 2.67. The molecule has 0 spiro atoms. The van der Waals surface area contributed by atoms with Crippen LogP contribution in [0.4, 0.5) is 5.69 Å². The van der Waals surface area contributed by atoms with E-state index in [4.69, 9.17) is 4.74 Å². The first-order valence-electron chi connectivity index (χ1n) is 14.0. The van der Waals surface area contributed by atoms with Crippen LogP contribution in [0.15, 0.2) is 42.9 Å². The smallest absolute Gasteiger partial charge is 0.264 e. The number of imide groups is 1. The van der Waals surface area contributed by atoms with E-state index in [9.17, 15) is 19.2 Å². The van der Waals surface area contributed by atoms with E-state index in [1.165, 1.54) is 0 Å². The van der Waals surface area contributed by atoms with E-state index in [-0.39, 0.29) is 23.8 Å². The predicted molar refractivity (Wildman–Crippen MR) is 145 cm³/mol. The molecule has 1 aromatic heterocycles. The summed E-state index contributed by atoms with van der Waals surface area (Å²) in [5.74, 6) is -0.962. The first-order chi connectivity index (χ1) is 19.4. The number of likely N-dealkylation sites (tertiary alicyclic amines) is 1. The maximum absolute atomic E-state index is 13.4. The van der Waals surface area contributed by atoms with Crippen LogP contribution in [0.5, 0.6) is 0 Å². The van der Waals surface area contributed by atoms with Crippen molar-refractivity contribution in [3.8, 4) is 0 Å². The Morgan fingerprint density at radius 1 is 1.07 bits per heavy atom. The molecule has 1 atom stereocenters. The van der Waals surface area contributed by atoms with Crippen LogP contribution in [0.2, 0.25) is 0 Å². The number of carbonyl (C=O) groups excluding carboxylic acids is 4. The van der Waals surface area contributed by atoms with E-state index in [1.54, 1.807) is 24.4 Å². The number of ether oxygens (including phenoxy) is 1. The van der Waals surface area contributed by atoms with Crippen molar-refractivity contribution in [1.29, 1.82) is 0 Å². The number of piperidine rings is 2. The molecule has 2 N–H and O–H groups in total. The molecule has 4 aliphatic rings. The Bertz CT molecular complexity index is 1350. The summed E-state index contributed by atoms with van der Waals surface area (Å²) in [4.78, 5) is 54.9. The standard InChI is InChI=1S/C29H34N6O5/c1-18-5-6-24(26(36)32-18)35-28(38)22-3-2-4-23(25(22)29(35)39)30-15-19-16-31-34(17-19)21-7-11-33(12-8-21)27(37)20-9-13-40-14-10-20/h2-4,16-17,20-21,24,30H,1,5-15H2,(H,32,36). The zero-order valence-electron chi connectivity index (χ0n) is 22.4. The molecule has 0 aliphatic carbocycles. The van der Waals surface area contributed by atoms with Gasteiger partial charge in [-0.2, -0.15) is 5.10 Å². The van der Waals surface area contributed by atoms with Gasteiger partial charge in [0.25, 0.3) is 11.8 Å². The van der Waals surface area contributed by atoms with Gasteiger partial charge in [0.1, 0.15) is 6.04 Å². The summed E-state index contributed by atoms with van der Waals surface area (Å²) in [6.45, 7) is 6.98. The summed E-state index contributed by atoms with van der Waals surface area (Å²) in [5, 5.41) is 10.5. The lowest BCUT2D eigenvalue weighted by Gasteiger charge is -2.35. The lowest BCUT2D eigenvalue weighted by Crippen LogP contribution is -2.51. The van der Waals surface area contributed by atoms with E-state index in [2.05, 4.69) is 22.3 Å². The minimum Gasteiger partial charge on any atom is -0.381 e. The zero-order valence-corrected chi connectivity index (χ0v) is 22.4. The number of amides is 4. The molecule has 4 aliphatic heterocycles. The maximum atomic E-state index is 13.4. The Morgan fingerprint density at radius 2 is 1.85 bits per heavy atom. The fourth-order valence-corrected chi connectivity index (χ4v) is 6.16. The zero-order chi connectivity index (χ0) is 27.8. The quantitative estimate of drug-likeness (QED) is 0.533. The summed E-state index contributed by atoms with van der Waals surface area (Å²) in [6.07, 6.45) is 7.99. The number of allylic oxidation sites excluding steroid dienone is 1. The predicted octanol–water partition coefficient (Wildman–Crippen LogP) is 2.47. The molecule has 40 heavy (non-hydrogen) atoms. The SMILES string of the molecule is C=C1CCC(N2C(=O)c3cccc(NCc4cnn(C5CCN(C(=O)C6CCOCC6)CC5)c4)c3C2=O)C(=O)N1. The third-order valence-electron chi connectivity index (χ3n) is 8.44. The van der Waals surface area contributed by atoms with Gasteiger partial charge in [-0.1, -0.05) is 12.6 Å². The third-order valence-corrected chi connectivity index (χ3v) is 8.44. The molecule has 11 heteroatoms. The highest BCUT2D eigenvalue weighted by Crippen LogP contribution is 2.33. The average molecular weight is 547 g/mol. The monoisotopic (exact) mass is 546 g/mol. The van der Waals surface area contributed by atoms with Gasteiger partial charge in [-0.25, -0.2) is 0 Å². The van der Waals surface area contributed by atoms with Crippen LogP contribution in [0, 0.1) is 5.92 Å². The molecule has 4 amide bonds. The van der Waals surface area contributed by atoms with E-state index < -0.39 is 17.9 Å². The van der Waals surface area contributed by atoms with E-state index in [1.807, 2.05) is 15.8 Å². The maximum Gasteiger partial charge on any atom is 0.264 e. The molecular formula is C29H34N6O5. The first kappa shape index (κ1) is 26.2. The molecule has 6 rings (SSSR count). The Balaban J connectivity index is 1.07. The molecule has 0 bridgehead atoms. The van der Waals surface area contributed by atoms with E-state index in [0.717, 1.165) is 49.2 Å². The van der Waals surface area contributed by atoms with Gasteiger partial charge in [-0.05, 0) is 50.7 Å². The number of benzene rings is 1. The highest BCUT2D eigenvalue weighted by Gasteiger charge is 2.45. The highest BCUT2D eigenvalue weighted by molar-refractivity contribution is 6.25. The molecule has 210 valence electrons. The lowest BCUT2D eigenvalue weighted by molar-refractivity contribution is -0.139. The van der Waals surface area contributed by atoms with Crippen molar-refractivity contribution < 1.29 is 23.9 Å². The van der Waals surface area contributed by atoms with Gasteiger partial charge in [-0.15, -0.1) is 0 Å². The number of carbonyl (C=O) groups is 4. The number of hydrogen-bond donors (Lipinski definition) is 2. The van der Waals surface area contributed by atoms with Crippen LogP contribution in [-0.2, 0) is 20.9 Å². The Morgan fingerprint density at radius 3 is 2.60 bits per heavy atom. The van der Waals surface area contributed by atoms with Crippen molar-refractivity contribution in [2.75, 3.05) is 31.6 Å². The fourth-order valence-electron chi connectivity index (χ4n) is 6.16. The van der Waals surface area contributed by atoms with Gasteiger partial charge >= 0.3 is 0 Å². The molecular weight excluding hydrogens is 512 g/mol. The summed E-state index contributed by atoms with van der Waals surface area (Å²) >= 11 is 0. The number of nitrogens with one attached hydrogen (secondary N) is 2. The van der Waals surface area contributed by atoms with Crippen LogP contribution < -0.4 is 10.6 Å². The second-order valence-corrected chi connectivity index (χ2v) is 11.0. The topological polar surface area (TPSA) is 126 Å². The molecule has 1 unspecified atom stereocenters. The molecule has 0 radical (unpaired) electrons. The summed E-state index contributed by atoms with van der Waals surface area (Å²) < 4.78 is 7.36. The molecule has 2 aromatic rings. The lowest BCUT2D eigenvalue weighted by atomic mass is 9.96. The van der Waals surface area contributed by atoms with Crippen molar-refractivity contribution in [3.05, 3.63) is 59.6 Å². The molecule has 11 nitrogen and oxygen atoms in total. The summed E-state index contributed by atoms with van der Waals surface area (Å²) in [6, 6.07) is 4.50.